The van der Waals surface area contributed by atoms with Gasteiger partial charge in [0, 0.05) is 6.42 Å². The summed E-state index contributed by atoms with van der Waals surface area (Å²) in [6.07, 6.45) is 3.73. The first-order valence-corrected chi connectivity index (χ1v) is 9.13. The van der Waals surface area contributed by atoms with E-state index in [0.717, 1.165) is 5.56 Å². The maximum Gasteiger partial charge on any atom is 0.324 e. The zero-order valence-corrected chi connectivity index (χ0v) is 16.3. The number of allylic oxidation sites excluding steroid dienone is 2. The molecule has 0 saturated carbocycles. The molecule has 5 heteroatoms. The van der Waals surface area contributed by atoms with Gasteiger partial charge in [0.2, 0.25) is 0 Å². The number of carbonyl (C=O) groups excluding carboxylic acids is 2. The normalized spacial score (nSPS) is 10.9. The molecule has 0 heterocycles. The molecule has 5 nitrogen and oxygen atoms in total. The lowest BCUT2D eigenvalue weighted by atomic mass is 9.81. The zero-order chi connectivity index (χ0) is 20.0. The van der Waals surface area contributed by atoms with E-state index in [9.17, 15) is 9.59 Å². The first-order chi connectivity index (χ1) is 13.1. The standard InChI is InChI=1S/C22H28O5/c1-4-7-15-22(20(23)26-5-2,21(24)27-6-3)16-11-12-17-25-18-19-13-9-8-10-14-19/h4,7-10,13-14H,5-6,15-18H2,1-3H3/b7-4+. The average Bonchev–Trinajstić information content (AvgIpc) is 2.68. The summed E-state index contributed by atoms with van der Waals surface area (Å²) in [5, 5.41) is 0. The number of esters is 2. The summed E-state index contributed by atoms with van der Waals surface area (Å²) in [6, 6.07) is 9.77. The molecule has 0 unspecified atom stereocenters. The van der Waals surface area contributed by atoms with Crippen molar-refractivity contribution in [1.82, 2.24) is 0 Å². The summed E-state index contributed by atoms with van der Waals surface area (Å²) in [7, 11) is 0. The molecule has 0 aliphatic carbocycles. The summed E-state index contributed by atoms with van der Waals surface area (Å²) >= 11 is 0. The molecule has 0 radical (unpaired) electrons. The first-order valence-electron chi connectivity index (χ1n) is 9.13. The van der Waals surface area contributed by atoms with Crippen LogP contribution in [0.2, 0.25) is 0 Å². The monoisotopic (exact) mass is 372 g/mol. The smallest absolute Gasteiger partial charge is 0.324 e. The summed E-state index contributed by atoms with van der Waals surface area (Å²) < 4.78 is 15.8. The molecular formula is C22H28O5. The van der Waals surface area contributed by atoms with E-state index in [4.69, 9.17) is 14.2 Å². The largest absolute Gasteiger partial charge is 0.465 e. The van der Waals surface area contributed by atoms with Crippen LogP contribution in [0.1, 0.15) is 39.2 Å². The van der Waals surface area contributed by atoms with Gasteiger partial charge in [-0.2, -0.15) is 0 Å². The molecule has 1 rings (SSSR count). The van der Waals surface area contributed by atoms with Gasteiger partial charge in [-0.05, 0) is 32.8 Å². The minimum atomic E-state index is -1.45. The van der Waals surface area contributed by atoms with E-state index in [0.29, 0.717) is 6.61 Å². The lowest BCUT2D eigenvalue weighted by Crippen LogP contribution is -2.41. The summed E-state index contributed by atoms with van der Waals surface area (Å²) in [5.41, 5.74) is -0.398. The van der Waals surface area contributed by atoms with Crippen LogP contribution < -0.4 is 0 Å². The Kier molecular flexibility index (Phi) is 10.6. The molecule has 0 spiro atoms. The minimum absolute atomic E-state index is 0.0176. The lowest BCUT2D eigenvalue weighted by Gasteiger charge is -2.26. The van der Waals surface area contributed by atoms with Crippen LogP contribution in [-0.4, -0.2) is 31.8 Å². The number of hydrogen-bond donors (Lipinski definition) is 0. The maximum absolute atomic E-state index is 12.5. The fourth-order valence-electron chi connectivity index (χ4n) is 2.38. The summed E-state index contributed by atoms with van der Waals surface area (Å²) in [5.74, 6) is 4.54. The predicted octanol–water partition coefficient (Wildman–Crippen LogP) is 3.68. The van der Waals surface area contributed by atoms with Gasteiger partial charge in [-0.25, -0.2) is 0 Å². The molecule has 146 valence electrons. The molecule has 1 aromatic carbocycles. The number of rotatable bonds is 10. The summed E-state index contributed by atoms with van der Waals surface area (Å²) in [4.78, 5) is 25.1. The number of carbonyl (C=O) groups is 2. The Hall–Kier alpha value is -2.58. The lowest BCUT2D eigenvalue weighted by molar-refractivity contribution is -0.171. The van der Waals surface area contributed by atoms with Crippen LogP contribution in [0, 0.1) is 17.3 Å². The Balaban J connectivity index is 2.80. The van der Waals surface area contributed by atoms with Gasteiger partial charge in [-0.3, -0.25) is 9.59 Å². The molecule has 0 N–H and O–H groups in total. The second-order valence-electron chi connectivity index (χ2n) is 5.80. The van der Waals surface area contributed by atoms with E-state index in [1.54, 1.807) is 26.0 Å². The van der Waals surface area contributed by atoms with E-state index < -0.39 is 17.4 Å². The second-order valence-corrected chi connectivity index (χ2v) is 5.80. The highest BCUT2D eigenvalue weighted by molar-refractivity contribution is 6.00. The molecular weight excluding hydrogens is 344 g/mol. The van der Waals surface area contributed by atoms with Crippen LogP contribution in [0.25, 0.3) is 0 Å². The van der Waals surface area contributed by atoms with Crippen LogP contribution in [0.5, 0.6) is 0 Å². The molecule has 0 aromatic heterocycles. The van der Waals surface area contributed by atoms with Crippen LogP contribution in [0.3, 0.4) is 0 Å². The quantitative estimate of drug-likeness (QED) is 0.206. The third-order valence-corrected chi connectivity index (χ3v) is 3.84. The van der Waals surface area contributed by atoms with Crippen molar-refractivity contribution in [2.75, 3.05) is 19.8 Å². The summed E-state index contributed by atoms with van der Waals surface area (Å²) in [6.45, 7) is 6.26. The fourth-order valence-corrected chi connectivity index (χ4v) is 2.38. The predicted molar refractivity (Wildman–Crippen MR) is 104 cm³/mol. The minimum Gasteiger partial charge on any atom is -0.465 e. The van der Waals surface area contributed by atoms with Crippen molar-refractivity contribution in [3.63, 3.8) is 0 Å². The molecule has 0 saturated heterocycles. The first kappa shape index (κ1) is 22.5. The van der Waals surface area contributed by atoms with Crippen molar-refractivity contribution >= 4 is 11.9 Å². The molecule has 27 heavy (non-hydrogen) atoms. The van der Waals surface area contributed by atoms with Crippen molar-refractivity contribution in [2.45, 2.75) is 40.2 Å². The maximum atomic E-state index is 12.5. The fraction of sp³-hybridized carbons (Fsp3) is 0.455. The van der Waals surface area contributed by atoms with Crippen molar-refractivity contribution in [3.8, 4) is 11.8 Å². The molecule has 0 amide bonds. The van der Waals surface area contributed by atoms with Crippen molar-refractivity contribution < 1.29 is 23.8 Å². The molecule has 0 fully saturated rings. The molecule has 1 aromatic rings. The van der Waals surface area contributed by atoms with Crippen molar-refractivity contribution in [1.29, 1.82) is 0 Å². The molecule has 0 aliphatic rings. The second kappa shape index (κ2) is 12.7. The topological polar surface area (TPSA) is 61.8 Å². The van der Waals surface area contributed by atoms with Crippen LogP contribution in [-0.2, 0) is 30.4 Å². The molecule has 0 bridgehead atoms. The van der Waals surface area contributed by atoms with Gasteiger partial charge in [-0.1, -0.05) is 54.3 Å². The van der Waals surface area contributed by atoms with E-state index in [-0.39, 0.29) is 32.7 Å². The van der Waals surface area contributed by atoms with Gasteiger partial charge >= 0.3 is 11.9 Å². The third kappa shape index (κ3) is 7.28. The van der Waals surface area contributed by atoms with Gasteiger partial charge in [0.1, 0.15) is 6.61 Å². The Labute approximate surface area is 161 Å². The zero-order valence-electron chi connectivity index (χ0n) is 16.3. The van der Waals surface area contributed by atoms with E-state index in [1.807, 2.05) is 37.3 Å². The molecule has 0 atom stereocenters. The Bertz CT molecular complexity index is 649. The van der Waals surface area contributed by atoms with Gasteiger partial charge in [-0.15, -0.1) is 0 Å². The van der Waals surface area contributed by atoms with Gasteiger partial charge < -0.3 is 14.2 Å². The molecule has 0 aliphatic heterocycles. The van der Waals surface area contributed by atoms with E-state index in [2.05, 4.69) is 11.8 Å². The highest BCUT2D eigenvalue weighted by Crippen LogP contribution is 2.31. The van der Waals surface area contributed by atoms with Crippen molar-refractivity contribution in [3.05, 3.63) is 48.0 Å². The van der Waals surface area contributed by atoms with Crippen LogP contribution >= 0.6 is 0 Å². The van der Waals surface area contributed by atoms with Crippen molar-refractivity contribution in [2.24, 2.45) is 5.41 Å². The number of benzene rings is 1. The average molecular weight is 372 g/mol. The number of hydrogen-bond acceptors (Lipinski definition) is 5. The Morgan fingerprint density at radius 2 is 1.67 bits per heavy atom. The van der Waals surface area contributed by atoms with E-state index in [1.165, 1.54) is 0 Å². The Morgan fingerprint density at radius 3 is 2.22 bits per heavy atom. The van der Waals surface area contributed by atoms with Crippen LogP contribution in [0.4, 0.5) is 0 Å². The van der Waals surface area contributed by atoms with Crippen LogP contribution in [0.15, 0.2) is 42.5 Å². The highest BCUT2D eigenvalue weighted by Gasteiger charge is 2.47. The van der Waals surface area contributed by atoms with Gasteiger partial charge in [0.25, 0.3) is 0 Å². The third-order valence-electron chi connectivity index (χ3n) is 3.84. The SMILES string of the molecule is C/C=C/CC(CC#CCOCc1ccccc1)(C(=O)OCC)C(=O)OCC. The highest BCUT2D eigenvalue weighted by atomic mass is 16.6. The van der Waals surface area contributed by atoms with Gasteiger partial charge in [0.15, 0.2) is 5.41 Å². The van der Waals surface area contributed by atoms with Gasteiger partial charge in [0.05, 0.1) is 19.8 Å². The Morgan fingerprint density at radius 1 is 1.04 bits per heavy atom. The van der Waals surface area contributed by atoms with E-state index >= 15 is 0 Å². The number of ether oxygens (including phenoxy) is 3.